The Morgan fingerprint density at radius 1 is 1.30 bits per heavy atom. The standard InChI is InChI=1S/C15H20N4S/c1-4-12-9-14(17-11(2)10-20-3)19-15(18-12)13-7-5-6-8-16-13/h5-9,11H,4,10H2,1-3H3,(H,17,18,19). The maximum absolute atomic E-state index is 4.58. The third-order valence-corrected chi connectivity index (χ3v) is 3.68. The Morgan fingerprint density at radius 3 is 2.80 bits per heavy atom. The van der Waals surface area contributed by atoms with Crippen molar-refractivity contribution in [3.63, 3.8) is 0 Å². The van der Waals surface area contributed by atoms with Crippen LogP contribution in [0.15, 0.2) is 30.5 Å². The minimum Gasteiger partial charge on any atom is -0.367 e. The minimum atomic E-state index is 0.376. The molecule has 0 aromatic carbocycles. The van der Waals surface area contributed by atoms with Gasteiger partial charge in [-0.3, -0.25) is 4.98 Å². The van der Waals surface area contributed by atoms with E-state index >= 15 is 0 Å². The lowest BCUT2D eigenvalue weighted by molar-refractivity contribution is 0.893. The summed E-state index contributed by atoms with van der Waals surface area (Å²) in [7, 11) is 0. The molecule has 1 unspecified atom stereocenters. The Hall–Kier alpha value is -1.62. The molecule has 2 aromatic rings. The van der Waals surface area contributed by atoms with Gasteiger partial charge >= 0.3 is 0 Å². The van der Waals surface area contributed by atoms with E-state index in [1.807, 2.05) is 36.0 Å². The van der Waals surface area contributed by atoms with E-state index in [9.17, 15) is 0 Å². The Labute approximate surface area is 124 Å². The molecule has 2 aromatic heterocycles. The highest BCUT2D eigenvalue weighted by Crippen LogP contribution is 2.17. The van der Waals surface area contributed by atoms with Crippen molar-refractivity contribution in [2.75, 3.05) is 17.3 Å². The van der Waals surface area contributed by atoms with Crippen LogP contribution < -0.4 is 5.32 Å². The second kappa shape index (κ2) is 7.24. The molecule has 5 heteroatoms. The third kappa shape index (κ3) is 3.93. The van der Waals surface area contributed by atoms with Gasteiger partial charge < -0.3 is 5.32 Å². The molecule has 0 aliphatic carbocycles. The molecule has 0 aliphatic rings. The number of thioether (sulfide) groups is 1. The van der Waals surface area contributed by atoms with E-state index in [0.29, 0.717) is 11.9 Å². The third-order valence-electron chi connectivity index (χ3n) is 2.85. The number of nitrogens with zero attached hydrogens (tertiary/aromatic N) is 3. The average molecular weight is 288 g/mol. The van der Waals surface area contributed by atoms with E-state index in [1.165, 1.54) is 0 Å². The van der Waals surface area contributed by atoms with Gasteiger partial charge in [0.15, 0.2) is 5.82 Å². The molecule has 4 nitrogen and oxygen atoms in total. The Balaban J connectivity index is 2.29. The Morgan fingerprint density at radius 2 is 2.15 bits per heavy atom. The molecule has 0 spiro atoms. The van der Waals surface area contributed by atoms with Gasteiger partial charge in [0.1, 0.15) is 11.5 Å². The van der Waals surface area contributed by atoms with Gasteiger partial charge in [-0.15, -0.1) is 0 Å². The van der Waals surface area contributed by atoms with E-state index in [2.05, 4.69) is 40.4 Å². The first-order valence-corrected chi connectivity index (χ1v) is 8.17. The van der Waals surface area contributed by atoms with E-state index in [-0.39, 0.29) is 0 Å². The molecule has 2 heterocycles. The monoisotopic (exact) mass is 288 g/mol. The highest BCUT2D eigenvalue weighted by atomic mass is 32.2. The van der Waals surface area contributed by atoms with E-state index in [1.54, 1.807) is 6.20 Å². The first-order valence-electron chi connectivity index (χ1n) is 6.77. The van der Waals surface area contributed by atoms with Gasteiger partial charge in [0.05, 0.1) is 0 Å². The zero-order chi connectivity index (χ0) is 14.4. The second-order valence-corrected chi connectivity index (χ2v) is 5.55. The number of hydrogen-bond acceptors (Lipinski definition) is 5. The highest BCUT2D eigenvalue weighted by molar-refractivity contribution is 7.98. The van der Waals surface area contributed by atoms with Crippen LogP contribution in [0.5, 0.6) is 0 Å². The maximum Gasteiger partial charge on any atom is 0.180 e. The van der Waals surface area contributed by atoms with E-state index in [0.717, 1.165) is 29.4 Å². The van der Waals surface area contributed by atoms with Crippen LogP contribution in [0.3, 0.4) is 0 Å². The van der Waals surface area contributed by atoms with Crippen molar-refractivity contribution in [1.82, 2.24) is 15.0 Å². The average Bonchev–Trinajstić information content (AvgIpc) is 2.48. The number of hydrogen-bond donors (Lipinski definition) is 1. The quantitative estimate of drug-likeness (QED) is 0.884. The van der Waals surface area contributed by atoms with Crippen LogP contribution in [0.25, 0.3) is 11.5 Å². The summed E-state index contributed by atoms with van der Waals surface area (Å²) in [5.41, 5.74) is 1.84. The zero-order valence-corrected chi connectivity index (χ0v) is 12.9. The molecular formula is C15H20N4S. The number of pyridine rings is 1. The molecule has 2 rings (SSSR count). The van der Waals surface area contributed by atoms with Crippen LogP contribution in [0.1, 0.15) is 19.5 Å². The summed E-state index contributed by atoms with van der Waals surface area (Å²) in [5, 5.41) is 3.43. The van der Waals surface area contributed by atoms with Crippen LogP contribution >= 0.6 is 11.8 Å². The van der Waals surface area contributed by atoms with Crippen LogP contribution in [-0.4, -0.2) is 33.0 Å². The molecule has 0 fully saturated rings. The smallest absolute Gasteiger partial charge is 0.180 e. The van der Waals surface area contributed by atoms with Crippen molar-refractivity contribution < 1.29 is 0 Å². The van der Waals surface area contributed by atoms with Gasteiger partial charge in [-0.25, -0.2) is 9.97 Å². The second-order valence-electron chi connectivity index (χ2n) is 4.64. The van der Waals surface area contributed by atoms with Crippen molar-refractivity contribution in [2.45, 2.75) is 26.3 Å². The van der Waals surface area contributed by atoms with Gasteiger partial charge in [0, 0.05) is 29.8 Å². The molecule has 1 N–H and O–H groups in total. The first kappa shape index (κ1) is 14.8. The van der Waals surface area contributed by atoms with Gasteiger partial charge in [-0.2, -0.15) is 11.8 Å². The van der Waals surface area contributed by atoms with Crippen molar-refractivity contribution in [2.24, 2.45) is 0 Å². The summed E-state index contributed by atoms with van der Waals surface area (Å²) < 4.78 is 0. The van der Waals surface area contributed by atoms with Crippen LogP contribution in [0.4, 0.5) is 5.82 Å². The topological polar surface area (TPSA) is 50.7 Å². The minimum absolute atomic E-state index is 0.376. The summed E-state index contributed by atoms with van der Waals surface area (Å²) in [4.78, 5) is 13.5. The van der Waals surface area contributed by atoms with Gasteiger partial charge in [0.2, 0.25) is 0 Å². The van der Waals surface area contributed by atoms with Gasteiger partial charge in [-0.1, -0.05) is 13.0 Å². The number of aryl methyl sites for hydroxylation is 1. The Bertz CT molecular complexity index is 545. The van der Waals surface area contributed by atoms with E-state index in [4.69, 9.17) is 0 Å². The molecule has 0 radical (unpaired) electrons. The zero-order valence-electron chi connectivity index (χ0n) is 12.1. The number of anilines is 1. The van der Waals surface area contributed by atoms with Crippen LogP contribution in [-0.2, 0) is 6.42 Å². The fourth-order valence-electron chi connectivity index (χ4n) is 1.91. The van der Waals surface area contributed by atoms with Crippen molar-refractivity contribution >= 4 is 17.6 Å². The molecule has 0 bridgehead atoms. The number of rotatable bonds is 6. The lowest BCUT2D eigenvalue weighted by Gasteiger charge is -2.14. The Kier molecular flexibility index (Phi) is 5.35. The van der Waals surface area contributed by atoms with Crippen molar-refractivity contribution in [3.05, 3.63) is 36.2 Å². The molecule has 106 valence electrons. The molecular weight excluding hydrogens is 268 g/mol. The lowest BCUT2D eigenvalue weighted by Crippen LogP contribution is -2.19. The largest absolute Gasteiger partial charge is 0.367 e. The molecule has 0 aliphatic heterocycles. The van der Waals surface area contributed by atoms with Crippen molar-refractivity contribution in [1.29, 1.82) is 0 Å². The fraction of sp³-hybridized carbons (Fsp3) is 0.400. The molecule has 0 amide bonds. The molecule has 1 atom stereocenters. The molecule has 20 heavy (non-hydrogen) atoms. The van der Waals surface area contributed by atoms with Crippen molar-refractivity contribution in [3.8, 4) is 11.5 Å². The number of nitrogens with one attached hydrogen (secondary N) is 1. The lowest BCUT2D eigenvalue weighted by atomic mass is 10.2. The van der Waals surface area contributed by atoms with Gasteiger partial charge in [0.25, 0.3) is 0 Å². The first-order chi connectivity index (χ1) is 9.72. The van der Waals surface area contributed by atoms with E-state index < -0.39 is 0 Å². The highest BCUT2D eigenvalue weighted by Gasteiger charge is 2.09. The SMILES string of the molecule is CCc1cc(NC(C)CSC)nc(-c2ccccn2)n1. The van der Waals surface area contributed by atoms with Crippen LogP contribution in [0, 0.1) is 0 Å². The predicted octanol–water partition coefficient (Wildman–Crippen LogP) is 3.26. The molecule has 0 saturated carbocycles. The molecule has 0 saturated heterocycles. The summed E-state index contributed by atoms with van der Waals surface area (Å²) >= 11 is 1.82. The summed E-state index contributed by atoms with van der Waals surface area (Å²) in [5.74, 6) is 2.60. The summed E-state index contributed by atoms with van der Waals surface area (Å²) in [6.07, 6.45) is 4.75. The number of aromatic nitrogens is 3. The van der Waals surface area contributed by atoms with Gasteiger partial charge in [-0.05, 0) is 31.7 Å². The normalized spacial score (nSPS) is 12.2. The maximum atomic E-state index is 4.58. The fourth-order valence-corrected chi connectivity index (χ4v) is 2.49. The summed E-state index contributed by atoms with van der Waals surface area (Å²) in [6, 6.07) is 8.18. The summed E-state index contributed by atoms with van der Waals surface area (Å²) in [6.45, 7) is 4.25. The van der Waals surface area contributed by atoms with Crippen LogP contribution in [0.2, 0.25) is 0 Å². The predicted molar refractivity (Wildman–Crippen MR) is 86.1 cm³/mol.